The Morgan fingerprint density at radius 2 is 1.97 bits per heavy atom. The average molecular weight is 595 g/mol. The number of esters is 1. The van der Waals surface area contributed by atoms with Crippen molar-refractivity contribution in [2.24, 2.45) is 5.16 Å². The molecule has 39 heavy (non-hydrogen) atoms. The third-order valence-corrected chi connectivity index (χ3v) is 6.91. The number of nitrogens with one attached hydrogen (secondary N) is 1. The number of oxime groups is 1. The van der Waals surface area contributed by atoms with Crippen molar-refractivity contribution in [3.8, 4) is 0 Å². The van der Waals surface area contributed by atoms with Crippen LogP contribution in [-0.2, 0) is 40.9 Å². The molecular weight excluding hydrogens is 571 g/mol. The first-order valence-electron chi connectivity index (χ1n) is 10.6. The average Bonchev–Trinajstić information content (AvgIpc) is 3.26. The van der Waals surface area contributed by atoms with E-state index in [-0.39, 0.29) is 58.4 Å². The van der Waals surface area contributed by atoms with E-state index in [1.54, 1.807) is 0 Å². The van der Waals surface area contributed by atoms with Crippen LogP contribution in [0.1, 0.15) is 33.5 Å². The molecule has 2 heterocycles. The van der Waals surface area contributed by atoms with Gasteiger partial charge in [0.1, 0.15) is 18.3 Å². The predicted molar refractivity (Wildman–Crippen MR) is 132 cm³/mol. The molecule has 0 radical (unpaired) electrons. The number of nitrogens with zero attached hydrogens (tertiary/aromatic N) is 4. The van der Waals surface area contributed by atoms with Gasteiger partial charge in [0.2, 0.25) is 5.60 Å². The third kappa shape index (κ3) is 7.49. The number of anilines is 1. The second-order valence-corrected chi connectivity index (χ2v) is 10.6. The number of hydrogen-bond acceptors (Lipinski definition) is 13. The van der Waals surface area contributed by atoms with Crippen molar-refractivity contribution in [3.05, 3.63) is 51.0 Å². The molecule has 206 valence electrons. The molecule has 2 amide bonds. The van der Waals surface area contributed by atoms with Crippen molar-refractivity contribution >= 4 is 56.0 Å². The fourth-order valence-electron chi connectivity index (χ4n) is 3.15. The number of carbonyl (C=O) groups is 3. The molecule has 2 aromatic rings. The maximum Gasteiger partial charge on any atom is 1.00 e. The smallest absolute Gasteiger partial charge is 1.00 e. The number of non-ortho nitro benzene ring substituents is 1. The van der Waals surface area contributed by atoms with Gasteiger partial charge in [-0.25, -0.2) is 14.1 Å². The van der Waals surface area contributed by atoms with E-state index >= 15 is 0 Å². The number of hydrogen-bond donors (Lipinski definition) is 3. The van der Waals surface area contributed by atoms with E-state index in [0.717, 1.165) is 11.3 Å². The van der Waals surface area contributed by atoms with Crippen LogP contribution in [0.4, 0.5) is 10.8 Å². The number of amides is 2. The van der Waals surface area contributed by atoms with E-state index in [0.29, 0.717) is 5.56 Å². The Balaban J connectivity index is 0.00000400. The van der Waals surface area contributed by atoms with Gasteiger partial charge in [-0.1, -0.05) is 5.16 Å². The first-order chi connectivity index (χ1) is 17.6. The van der Waals surface area contributed by atoms with Crippen LogP contribution in [0.25, 0.3) is 0 Å². The first-order valence-corrected chi connectivity index (χ1v) is 12.9. The molecule has 1 aromatic heterocycles. The topological polar surface area (TPSA) is 234 Å². The van der Waals surface area contributed by atoms with Crippen molar-refractivity contribution < 1.29 is 72.8 Å². The summed E-state index contributed by atoms with van der Waals surface area (Å²) in [7, 11) is -4.80. The monoisotopic (exact) mass is 594 g/mol. The number of thiazole rings is 1. The van der Waals surface area contributed by atoms with Crippen molar-refractivity contribution in [1.29, 1.82) is 0 Å². The summed E-state index contributed by atoms with van der Waals surface area (Å²) in [6.07, 6.45) is 0. The Bertz CT molecular complexity index is 1420. The van der Waals surface area contributed by atoms with E-state index in [1.165, 1.54) is 50.4 Å². The Kier molecular flexibility index (Phi) is 10.1. The van der Waals surface area contributed by atoms with Crippen LogP contribution in [0.2, 0.25) is 0 Å². The van der Waals surface area contributed by atoms with Gasteiger partial charge >= 0.3 is 45.8 Å². The maximum atomic E-state index is 12.9. The van der Waals surface area contributed by atoms with E-state index in [4.69, 9.17) is 19.9 Å². The molecule has 2 atom stereocenters. The zero-order valence-corrected chi connectivity index (χ0v) is 24.7. The molecule has 19 heteroatoms. The van der Waals surface area contributed by atoms with Gasteiger partial charge in [-0.05, 0) is 38.5 Å². The van der Waals surface area contributed by atoms with Crippen LogP contribution in [-0.4, -0.2) is 68.4 Å². The molecule has 0 bridgehead atoms. The Labute approximate surface area is 249 Å². The van der Waals surface area contributed by atoms with Crippen LogP contribution in [0.5, 0.6) is 0 Å². The van der Waals surface area contributed by atoms with Crippen LogP contribution >= 0.6 is 11.3 Å². The SMILES string of the molecule is C[C@@H]1[C@H](NC(=O)/C(=N\OC(C)(C)C(=O)OCc2ccc([N+](=O)[O-])cc2)c2csc(N)n2)C(=O)N1S(=O)(=O)O.[H-].[Na+]. The van der Waals surface area contributed by atoms with Gasteiger partial charge < -0.3 is 22.1 Å². The molecule has 1 saturated heterocycles. The summed E-state index contributed by atoms with van der Waals surface area (Å²) in [6, 6.07) is 2.95. The molecule has 4 N–H and O–H groups in total. The second kappa shape index (κ2) is 12.3. The van der Waals surface area contributed by atoms with Gasteiger partial charge in [-0.3, -0.25) is 24.3 Å². The predicted octanol–water partition coefficient (Wildman–Crippen LogP) is -2.49. The molecule has 3 rings (SSSR count). The third-order valence-electron chi connectivity index (χ3n) is 5.22. The van der Waals surface area contributed by atoms with Crippen molar-refractivity contribution in [2.45, 2.75) is 45.1 Å². The number of aromatic nitrogens is 1. The number of ether oxygens (including phenoxy) is 1. The van der Waals surface area contributed by atoms with Gasteiger partial charge in [0.05, 0.1) is 11.0 Å². The summed E-state index contributed by atoms with van der Waals surface area (Å²) in [5.74, 6) is -2.95. The zero-order valence-electron chi connectivity index (χ0n) is 22.1. The molecule has 0 unspecified atom stereocenters. The summed E-state index contributed by atoms with van der Waals surface area (Å²) in [6.45, 7) is 3.68. The van der Waals surface area contributed by atoms with Gasteiger partial charge in [-0.2, -0.15) is 8.42 Å². The van der Waals surface area contributed by atoms with Crippen LogP contribution < -0.4 is 40.6 Å². The fourth-order valence-corrected chi connectivity index (χ4v) is 4.58. The number of benzene rings is 1. The molecule has 0 aliphatic carbocycles. The largest absolute Gasteiger partial charge is 1.00 e. The number of nitrogens with two attached hydrogens (primary N) is 1. The summed E-state index contributed by atoms with van der Waals surface area (Å²) in [5, 5.41) is 18.2. The van der Waals surface area contributed by atoms with Gasteiger partial charge in [0.15, 0.2) is 10.8 Å². The minimum Gasteiger partial charge on any atom is -1.00 e. The molecule has 0 saturated carbocycles. The van der Waals surface area contributed by atoms with E-state index in [9.17, 15) is 32.9 Å². The van der Waals surface area contributed by atoms with Crippen LogP contribution in [0, 0.1) is 10.1 Å². The van der Waals surface area contributed by atoms with Crippen molar-refractivity contribution in [1.82, 2.24) is 14.6 Å². The normalized spacial score (nSPS) is 17.5. The van der Waals surface area contributed by atoms with Crippen LogP contribution in [0.3, 0.4) is 0 Å². The molecule has 0 spiro atoms. The number of nitrogen functional groups attached to an aromatic ring is 1. The number of nitro benzene ring substituents is 1. The number of nitro groups is 1. The Morgan fingerprint density at radius 3 is 2.46 bits per heavy atom. The molecule has 1 aliphatic heterocycles. The van der Waals surface area contributed by atoms with E-state index < -0.39 is 56.4 Å². The standard InChI is InChI=1S/C20H22N6O10S2.Na.H/c1-10-14(17(28)25(10)38(32,33)34)23-16(27)15(13-9-37-19(21)22-13)24-36-20(2,3)18(29)35-8-11-4-6-12(7-5-11)26(30)31;;/h4-7,9-10,14H,8H2,1-3H3,(H2,21,22)(H,23,27)(H,32,33,34);;/q;+1;-1/b24-15-;;/t10-,14+;;/m1../s1. The Hall–Kier alpha value is -3.16. The summed E-state index contributed by atoms with van der Waals surface area (Å²) in [4.78, 5) is 57.1. The van der Waals surface area contributed by atoms with Crippen LogP contribution in [0.15, 0.2) is 34.8 Å². The molecule has 1 fully saturated rings. The summed E-state index contributed by atoms with van der Waals surface area (Å²) >= 11 is 0.971. The molecular formula is C20H23N6NaO10S2. The number of β-lactam (4-membered cyclic amide) rings is 1. The van der Waals surface area contributed by atoms with Crippen molar-refractivity contribution in [3.63, 3.8) is 0 Å². The van der Waals surface area contributed by atoms with Gasteiger partial charge in [-0.15, -0.1) is 11.3 Å². The quantitative estimate of drug-likeness (QED) is 0.0493. The first kappa shape index (κ1) is 32.1. The maximum absolute atomic E-state index is 12.9. The minimum absolute atomic E-state index is 0. The van der Waals surface area contributed by atoms with E-state index in [2.05, 4.69) is 15.5 Å². The molecule has 1 aromatic carbocycles. The van der Waals surface area contributed by atoms with E-state index in [1.807, 2.05) is 0 Å². The summed E-state index contributed by atoms with van der Waals surface area (Å²) in [5.41, 5.74) is 3.72. The minimum atomic E-state index is -4.80. The van der Waals surface area contributed by atoms with Gasteiger partial charge in [0, 0.05) is 17.5 Å². The van der Waals surface area contributed by atoms with Crippen molar-refractivity contribution in [2.75, 3.05) is 5.73 Å². The van der Waals surface area contributed by atoms with Gasteiger partial charge in [0.25, 0.3) is 17.5 Å². The summed E-state index contributed by atoms with van der Waals surface area (Å²) < 4.78 is 37.1. The number of carbonyl (C=O) groups excluding carboxylic acids is 3. The molecule has 1 aliphatic rings. The second-order valence-electron chi connectivity index (χ2n) is 8.42. The molecule has 16 nitrogen and oxygen atoms in total. The number of rotatable bonds is 10. The zero-order chi connectivity index (χ0) is 28.4. The fraction of sp³-hybridized carbons (Fsp3) is 0.350. The Morgan fingerprint density at radius 1 is 1.36 bits per heavy atom.